The highest BCUT2D eigenvalue weighted by Crippen LogP contribution is 2.28. The smallest absolute Gasteiger partial charge is 0.226 e. The Balaban J connectivity index is 1.51. The second-order valence-electron chi connectivity index (χ2n) is 7.05. The van der Waals surface area contributed by atoms with Crippen molar-refractivity contribution in [3.05, 3.63) is 35.7 Å². The molecule has 29 heavy (non-hydrogen) atoms. The Morgan fingerprint density at radius 2 is 2.07 bits per heavy atom. The number of methoxy groups -OCH3 is 1. The number of aromatic nitrogens is 7. The summed E-state index contributed by atoms with van der Waals surface area (Å²) < 4.78 is 9.46. The molecule has 1 N–H and O–H groups in total. The lowest BCUT2D eigenvalue weighted by Crippen LogP contribution is -2.34. The fourth-order valence-electron chi connectivity index (χ4n) is 3.91. The lowest BCUT2D eigenvalue weighted by Gasteiger charge is -2.26. The Hall–Kier alpha value is -3.27. The molecule has 0 atom stereocenters. The van der Waals surface area contributed by atoms with Crippen molar-refractivity contribution in [3.8, 4) is 5.75 Å². The van der Waals surface area contributed by atoms with Crippen LogP contribution in [0.5, 0.6) is 5.75 Å². The Morgan fingerprint density at radius 3 is 2.86 bits per heavy atom. The van der Waals surface area contributed by atoms with E-state index in [4.69, 9.17) is 14.8 Å². The molecule has 10 heteroatoms. The van der Waals surface area contributed by atoms with Crippen molar-refractivity contribution in [3.63, 3.8) is 0 Å². The van der Waals surface area contributed by atoms with Gasteiger partial charge in [0.15, 0.2) is 11.5 Å². The van der Waals surface area contributed by atoms with E-state index in [1.54, 1.807) is 11.6 Å². The van der Waals surface area contributed by atoms with Gasteiger partial charge < -0.3 is 14.6 Å². The average Bonchev–Trinajstić information content (AvgIpc) is 3.36. The van der Waals surface area contributed by atoms with E-state index in [0.29, 0.717) is 18.2 Å². The topological polar surface area (TPSA) is 98.3 Å². The van der Waals surface area contributed by atoms with Crippen molar-refractivity contribution >= 4 is 22.5 Å². The van der Waals surface area contributed by atoms with Gasteiger partial charge in [0.05, 0.1) is 20.2 Å². The SMILES string of the molecule is CCc1nnc2n1CCN(Cc1nc3c4cccc(OC)c4nc(NC)n3n1)C2. The standard InChI is InChI=1S/C19H23N9O/c1-4-15-23-24-16-11-26(8-9-27(15)16)10-14-21-18-12-6-5-7-13(29-3)17(12)22-19(20-2)28(18)25-14/h5-7H,4,8-11H2,1-3H3,(H,20,22). The first-order chi connectivity index (χ1) is 14.2. The zero-order valence-electron chi connectivity index (χ0n) is 16.8. The number of fused-ring (bicyclic) bond motifs is 4. The maximum Gasteiger partial charge on any atom is 0.226 e. The van der Waals surface area contributed by atoms with Gasteiger partial charge in [-0.05, 0) is 12.1 Å². The largest absolute Gasteiger partial charge is 0.494 e. The molecule has 5 rings (SSSR count). The van der Waals surface area contributed by atoms with Gasteiger partial charge in [-0.3, -0.25) is 4.90 Å². The van der Waals surface area contributed by atoms with E-state index in [9.17, 15) is 0 Å². The fourth-order valence-corrected chi connectivity index (χ4v) is 3.91. The molecule has 3 aromatic heterocycles. The van der Waals surface area contributed by atoms with Gasteiger partial charge in [-0.2, -0.15) is 4.52 Å². The number of rotatable bonds is 5. The van der Waals surface area contributed by atoms with Crippen LogP contribution in [0.25, 0.3) is 16.6 Å². The molecule has 0 saturated heterocycles. The summed E-state index contributed by atoms with van der Waals surface area (Å²) in [5, 5.41) is 17.4. The third kappa shape index (κ3) is 2.87. The third-order valence-corrected chi connectivity index (χ3v) is 5.34. The van der Waals surface area contributed by atoms with Crippen LogP contribution in [0.4, 0.5) is 5.95 Å². The van der Waals surface area contributed by atoms with Crippen LogP contribution in [0, 0.1) is 0 Å². The third-order valence-electron chi connectivity index (χ3n) is 5.34. The van der Waals surface area contributed by atoms with Crippen LogP contribution < -0.4 is 10.1 Å². The molecule has 0 bridgehead atoms. The van der Waals surface area contributed by atoms with E-state index in [-0.39, 0.29) is 0 Å². The molecule has 4 heterocycles. The van der Waals surface area contributed by atoms with E-state index >= 15 is 0 Å². The molecule has 1 aliphatic rings. The highest BCUT2D eigenvalue weighted by Gasteiger charge is 2.22. The van der Waals surface area contributed by atoms with Crippen molar-refractivity contribution in [2.24, 2.45) is 0 Å². The van der Waals surface area contributed by atoms with Crippen molar-refractivity contribution in [2.75, 3.05) is 26.0 Å². The summed E-state index contributed by atoms with van der Waals surface area (Å²) >= 11 is 0. The van der Waals surface area contributed by atoms with Crippen molar-refractivity contribution in [2.45, 2.75) is 33.0 Å². The molecular weight excluding hydrogens is 370 g/mol. The van der Waals surface area contributed by atoms with Crippen molar-refractivity contribution < 1.29 is 4.74 Å². The minimum Gasteiger partial charge on any atom is -0.494 e. The molecule has 150 valence electrons. The van der Waals surface area contributed by atoms with Crippen LogP contribution in [0.2, 0.25) is 0 Å². The second kappa shape index (κ2) is 6.96. The second-order valence-corrected chi connectivity index (χ2v) is 7.05. The molecule has 0 unspecified atom stereocenters. The molecule has 1 aliphatic heterocycles. The number of nitrogens with one attached hydrogen (secondary N) is 1. The maximum atomic E-state index is 5.48. The minimum absolute atomic E-state index is 0.627. The Bertz CT molecular complexity index is 1200. The number of para-hydroxylation sites is 1. The maximum absolute atomic E-state index is 5.48. The zero-order chi connectivity index (χ0) is 20.0. The normalized spacial score (nSPS) is 14.4. The summed E-state index contributed by atoms with van der Waals surface area (Å²) in [4.78, 5) is 11.8. The summed E-state index contributed by atoms with van der Waals surface area (Å²) in [6.07, 6.45) is 0.900. The summed E-state index contributed by atoms with van der Waals surface area (Å²) in [5.74, 6) is 4.15. The Morgan fingerprint density at radius 1 is 1.17 bits per heavy atom. The van der Waals surface area contributed by atoms with Crippen molar-refractivity contribution in [1.29, 1.82) is 0 Å². The molecule has 0 aliphatic carbocycles. The molecule has 0 saturated carbocycles. The Labute approximate surface area is 167 Å². The number of anilines is 1. The van der Waals surface area contributed by atoms with E-state index in [1.165, 1.54) is 0 Å². The molecule has 0 amide bonds. The van der Waals surface area contributed by atoms with E-state index in [1.807, 2.05) is 25.2 Å². The van der Waals surface area contributed by atoms with Gasteiger partial charge in [-0.1, -0.05) is 13.0 Å². The lowest BCUT2D eigenvalue weighted by molar-refractivity contribution is 0.202. The molecule has 0 radical (unpaired) electrons. The van der Waals surface area contributed by atoms with E-state index in [2.05, 4.69) is 36.9 Å². The van der Waals surface area contributed by atoms with Gasteiger partial charge in [0.2, 0.25) is 5.95 Å². The van der Waals surface area contributed by atoms with Crippen molar-refractivity contribution in [1.82, 2.24) is 39.2 Å². The first-order valence-corrected chi connectivity index (χ1v) is 9.75. The summed E-state index contributed by atoms with van der Waals surface area (Å²) in [6.45, 7) is 5.30. The number of hydrogen-bond donors (Lipinski definition) is 1. The van der Waals surface area contributed by atoms with Gasteiger partial charge in [0.1, 0.15) is 22.9 Å². The van der Waals surface area contributed by atoms with Crippen LogP contribution in [0.3, 0.4) is 0 Å². The first-order valence-electron chi connectivity index (χ1n) is 9.75. The fraction of sp³-hybridized carbons (Fsp3) is 0.421. The highest BCUT2D eigenvalue weighted by molar-refractivity contribution is 5.95. The first kappa shape index (κ1) is 17.8. The quantitative estimate of drug-likeness (QED) is 0.545. The number of ether oxygens (including phenoxy) is 1. The van der Waals surface area contributed by atoms with Crippen LogP contribution in [0.1, 0.15) is 24.4 Å². The molecule has 1 aromatic carbocycles. The summed E-state index contributed by atoms with van der Waals surface area (Å²) in [7, 11) is 3.47. The number of aryl methyl sites for hydroxylation is 1. The molecule has 10 nitrogen and oxygen atoms in total. The monoisotopic (exact) mass is 393 g/mol. The predicted octanol–water partition coefficient (Wildman–Crippen LogP) is 1.50. The number of nitrogens with zero attached hydrogens (tertiary/aromatic N) is 8. The van der Waals surface area contributed by atoms with Gasteiger partial charge in [0.25, 0.3) is 0 Å². The molecule has 0 fully saturated rings. The lowest BCUT2D eigenvalue weighted by atomic mass is 10.2. The van der Waals surface area contributed by atoms with Gasteiger partial charge in [-0.15, -0.1) is 15.3 Å². The van der Waals surface area contributed by atoms with Crippen LogP contribution in [-0.2, 0) is 26.1 Å². The number of hydrogen-bond acceptors (Lipinski definition) is 8. The summed E-state index contributed by atoms with van der Waals surface area (Å²) in [5.41, 5.74) is 1.53. The van der Waals surface area contributed by atoms with Crippen LogP contribution >= 0.6 is 0 Å². The Kier molecular flexibility index (Phi) is 4.27. The van der Waals surface area contributed by atoms with Gasteiger partial charge >= 0.3 is 0 Å². The average molecular weight is 393 g/mol. The minimum atomic E-state index is 0.627. The summed E-state index contributed by atoms with van der Waals surface area (Å²) in [6, 6.07) is 5.84. The molecule has 4 aromatic rings. The van der Waals surface area contributed by atoms with Crippen LogP contribution in [-0.4, -0.2) is 59.9 Å². The van der Waals surface area contributed by atoms with Gasteiger partial charge in [-0.25, -0.2) is 9.97 Å². The van der Waals surface area contributed by atoms with E-state index in [0.717, 1.165) is 60.1 Å². The van der Waals surface area contributed by atoms with Crippen LogP contribution in [0.15, 0.2) is 18.2 Å². The highest BCUT2D eigenvalue weighted by atomic mass is 16.5. The predicted molar refractivity (Wildman–Crippen MR) is 108 cm³/mol. The molecular formula is C19H23N9O. The molecule has 0 spiro atoms. The zero-order valence-corrected chi connectivity index (χ0v) is 16.8. The van der Waals surface area contributed by atoms with E-state index < -0.39 is 0 Å². The number of benzene rings is 1. The van der Waals surface area contributed by atoms with Gasteiger partial charge in [0, 0.05) is 31.9 Å².